The molecule has 0 saturated heterocycles. The topological polar surface area (TPSA) is 21.3 Å². The maximum Gasteiger partial charge on any atom is 0.147 e. The van der Waals surface area contributed by atoms with Crippen LogP contribution in [-0.4, -0.2) is 13.2 Å². The lowest BCUT2D eigenvalue weighted by Crippen LogP contribution is -2.34. The number of methoxy groups -OCH3 is 1. The van der Waals surface area contributed by atoms with E-state index in [9.17, 15) is 4.39 Å². The van der Waals surface area contributed by atoms with Crippen molar-refractivity contribution in [1.29, 1.82) is 0 Å². The van der Waals surface area contributed by atoms with Gasteiger partial charge in [0.2, 0.25) is 0 Å². The number of halogens is 2. The molecule has 21 heavy (non-hydrogen) atoms. The zero-order chi connectivity index (χ0) is 14.8. The molecule has 0 aromatic heterocycles. The van der Waals surface area contributed by atoms with Crippen molar-refractivity contribution in [3.05, 3.63) is 58.3 Å². The van der Waals surface area contributed by atoms with E-state index in [-0.39, 0.29) is 5.82 Å². The summed E-state index contributed by atoms with van der Waals surface area (Å²) in [4.78, 5) is 0. The van der Waals surface area contributed by atoms with E-state index in [0.29, 0.717) is 17.6 Å². The van der Waals surface area contributed by atoms with Crippen LogP contribution in [0.4, 0.5) is 10.1 Å². The van der Waals surface area contributed by atoms with Gasteiger partial charge in [0.25, 0.3) is 0 Å². The molecular formula is C17H17BrFNO. The molecule has 1 saturated carbocycles. The Balaban J connectivity index is 1.60. The lowest BCUT2D eigenvalue weighted by molar-refractivity contribution is 0.369. The first-order valence-electron chi connectivity index (χ1n) is 7.01. The summed E-state index contributed by atoms with van der Waals surface area (Å²) in [5.74, 6) is 1.20. The third kappa shape index (κ3) is 3.21. The quantitative estimate of drug-likeness (QED) is 0.842. The van der Waals surface area contributed by atoms with Crippen LogP contribution in [0.2, 0.25) is 0 Å². The number of rotatable bonds is 4. The predicted octanol–water partition coefficient (Wildman–Crippen LogP) is 4.95. The molecule has 2 aromatic carbocycles. The van der Waals surface area contributed by atoms with Crippen molar-refractivity contribution < 1.29 is 9.13 Å². The fraction of sp³-hybridized carbons (Fsp3) is 0.294. The summed E-state index contributed by atoms with van der Waals surface area (Å²) < 4.78 is 19.8. The Morgan fingerprint density at radius 2 is 2.00 bits per heavy atom. The van der Waals surface area contributed by atoms with Crippen molar-refractivity contribution in [2.24, 2.45) is 0 Å². The molecule has 0 heterocycles. The van der Waals surface area contributed by atoms with E-state index in [1.54, 1.807) is 13.2 Å². The second-order valence-electron chi connectivity index (χ2n) is 5.41. The van der Waals surface area contributed by atoms with Crippen molar-refractivity contribution in [2.75, 3.05) is 12.4 Å². The van der Waals surface area contributed by atoms with Gasteiger partial charge in [0.05, 0.1) is 12.8 Å². The minimum atomic E-state index is -0.214. The molecule has 1 fully saturated rings. The average molecular weight is 350 g/mol. The van der Waals surface area contributed by atoms with Crippen LogP contribution in [0.3, 0.4) is 0 Å². The molecule has 1 aliphatic rings. The van der Waals surface area contributed by atoms with Gasteiger partial charge in [0.1, 0.15) is 11.6 Å². The van der Waals surface area contributed by atoms with Crippen LogP contribution in [0.25, 0.3) is 0 Å². The minimum absolute atomic E-state index is 0.214. The largest absolute Gasteiger partial charge is 0.497 e. The van der Waals surface area contributed by atoms with Crippen molar-refractivity contribution in [3.8, 4) is 5.75 Å². The molecule has 0 bridgehead atoms. The summed E-state index contributed by atoms with van der Waals surface area (Å²) in [7, 11) is 1.68. The summed E-state index contributed by atoms with van der Waals surface area (Å²) >= 11 is 3.27. The first kappa shape index (κ1) is 14.4. The monoisotopic (exact) mass is 349 g/mol. The zero-order valence-corrected chi connectivity index (χ0v) is 13.4. The van der Waals surface area contributed by atoms with Gasteiger partial charge in [0.15, 0.2) is 0 Å². The number of hydrogen-bond acceptors (Lipinski definition) is 2. The van der Waals surface area contributed by atoms with Crippen molar-refractivity contribution in [2.45, 2.75) is 24.8 Å². The highest BCUT2D eigenvalue weighted by atomic mass is 79.9. The zero-order valence-electron chi connectivity index (χ0n) is 11.8. The van der Waals surface area contributed by atoms with Crippen LogP contribution in [0.1, 0.15) is 24.3 Å². The van der Waals surface area contributed by atoms with Crippen LogP contribution in [0.5, 0.6) is 5.75 Å². The van der Waals surface area contributed by atoms with E-state index in [1.807, 2.05) is 18.2 Å². The summed E-state index contributed by atoms with van der Waals surface area (Å²) in [6.45, 7) is 0. The van der Waals surface area contributed by atoms with E-state index < -0.39 is 0 Å². The number of benzene rings is 2. The number of hydrogen-bond donors (Lipinski definition) is 1. The van der Waals surface area contributed by atoms with E-state index in [1.165, 1.54) is 11.6 Å². The van der Waals surface area contributed by atoms with Gasteiger partial charge in [-0.15, -0.1) is 0 Å². The Hall–Kier alpha value is -1.55. The minimum Gasteiger partial charge on any atom is -0.497 e. The predicted molar refractivity (Wildman–Crippen MR) is 86.5 cm³/mol. The number of ether oxygens (including phenoxy) is 1. The molecule has 1 N–H and O–H groups in total. The Labute approximate surface area is 132 Å². The molecule has 3 rings (SSSR count). The van der Waals surface area contributed by atoms with Crippen LogP contribution in [-0.2, 0) is 0 Å². The van der Waals surface area contributed by atoms with E-state index in [0.717, 1.165) is 23.1 Å². The molecule has 110 valence electrons. The van der Waals surface area contributed by atoms with Crippen LogP contribution >= 0.6 is 15.9 Å². The Kier molecular flexibility index (Phi) is 4.15. The van der Waals surface area contributed by atoms with Crippen molar-refractivity contribution in [3.63, 3.8) is 0 Å². The van der Waals surface area contributed by atoms with Crippen LogP contribution < -0.4 is 10.1 Å². The van der Waals surface area contributed by atoms with E-state index in [2.05, 4.69) is 33.4 Å². The number of anilines is 1. The summed E-state index contributed by atoms with van der Waals surface area (Å²) in [6, 6.07) is 13.6. The highest BCUT2D eigenvalue weighted by molar-refractivity contribution is 9.10. The molecule has 0 atom stereocenters. The molecule has 0 radical (unpaired) electrons. The molecule has 2 aromatic rings. The van der Waals surface area contributed by atoms with Crippen LogP contribution in [0, 0.1) is 5.82 Å². The molecule has 0 aliphatic heterocycles. The maximum atomic E-state index is 13.8. The lowest BCUT2D eigenvalue weighted by Gasteiger charge is -2.37. The third-order valence-corrected chi connectivity index (χ3v) is 4.49. The Morgan fingerprint density at radius 1 is 1.19 bits per heavy atom. The molecule has 4 heteroatoms. The summed E-state index contributed by atoms with van der Waals surface area (Å²) in [5, 5.41) is 3.28. The second-order valence-corrected chi connectivity index (χ2v) is 6.33. The fourth-order valence-corrected chi connectivity index (χ4v) is 3.06. The smallest absolute Gasteiger partial charge is 0.147 e. The second kappa shape index (κ2) is 6.06. The molecule has 2 nitrogen and oxygen atoms in total. The normalized spacial score (nSPS) is 20.7. The fourth-order valence-electron chi connectivity index (χ4n) is 2.73. The highest BCUT2D eigenvalue weighted by Crippen LogP contribution is 2.39. The summed E-state index contributed by atoms with van der Waals surface area (Å²) in [6.07, 6.45) is 2.03. The lowest BCUT2D eigenvalue weighted by atomic mass is 9.75. The van der Waals surface area contributed by atoms with Gasteiger partial charge in [0, 0.05) is 10.5 Å². The summed E-state index contributed by atoms with van der Waals surface area (Å²) in [5.41, 5.74) is 1.87. The van der Waals surface area contributed by atoms with Crippen LogP contribution in [0.15, 0.2) is 46.9 Å². The third-order valence-electron chi connectivity index (χ3n) is 3.99. The SMILES string of the molecule is COc1cccc(C2CC(Nc3ccc(Br)cc3F)C2)c1. The van der Waals surface area contributed by atoms with Gasteiger partial charge in [-0.05, 0) is 54.7 Å². The van der Waals surface area contributed by atoms with Gasteiger partial charge in [-0.25, -0.2) is 4.39 Å². The molecule has 0 amide bonds. The molecular weight excluding hydrogens is 333 g/mol. The highest BCUT2D eigenvalue weighted by Gasteiger charge is 2.30. The van der Waals surface area contributed by atoms with Gasteiger partial charge in [-0.3, -0.25) is 0 Å². The van der Waals surface area contributed by atoms with E-state index in [4.69, 9.17) is 4.74 Å². The van der Waals surface area contributed by atoms with Gasteiger partial charge in [-0.1, -0.05) is 28.1 Å². The molecule has 1 aliphatic carbocycles. The standard InChI is InChI=1S/C17H17BrFNO/c1-21-15-4-2-3-11(9-15)12-7-14(8-12)20-17-6-5-13(18)10-16(17)19/h2-6,9-10,12,14,20H,7-8H2,1H3. The Bertz CT molecular complexity index is 640. The van der Waals surface area contributed by atoms with E-state index >= 15 is 0 Å². The number of nitrogens with one attached hydrogen (secondary N) is 1. The maximum absolute atomic E-state index is 13.8. The van der Waals surface area contributed by atoms with Gasteiger partial charge < -0.3 is 10.1 Å². The molecule has 0 unspecified atom stereocenters. The first-order chi connectivity index (χ1) is 10.2. The van der Waals surface area contributed by atoms with Gasteiger partial charge >= 0.3 is 0 Å². The van der Waals surface area contributed by atoms with Gasteiger partial charge in [-0.2, -0.15) is 0 Å². The molecule has 0 spiro atoms. The van der Waals surface area contributed by atoms with Crippen molar-refractivity contribution >= 4 is 21.6 Å². The van der Waals surface area contributed by atoms with Crippen molar-refractivity contribution in [1.82, 2.24) is 0 Å². The average Bonchev–Trinajstić information content (AvgIpc) is 2.44. The first-order valence-corrected chi connectivity index (χ1v) is 7.80. The Morgan fingerprint density at radius 3 is 2.71 bits per heavy atom.